The number of nitrogens with zero attached hydrogens (tertiary/aromatic N) is 2. The van der Waals surface area contributed by atoms with Crippen molar-refractivity contribution in [1.82, 2.24) is 10.2 Å². The van der Waals surface area contributed by atoms with E-state index < -0.39 is 0 Å². The lowest BCUT2D eigenvalue weighted by Crippen LogP contribution is -2.50. The fraction of sp³-hybridized carbons (Fsp3) is 0.458. The largest absolute Gasteiger partial charge is 0.495 e. The number of benzene rings is 2. The zero-order chi connectivity index (χ0) is 20.6. The SMILES string of the molecule is COc1ccccc1N1CCN(CC(=O)N[C@@H](CC(C)C)c2ccccc2)CC1. The number of hydrogen-bond acceptors (Lipinski definition) is 4. The molecule has 0 spiro atoms. The summed E-state index contributed by atoms with van der Waals surface area (Å²) in [6.45, 7) is 8.35. The minimum absolute atomic E-state index is 0.0681. The molecule has 3 rings (SSSR count). The third kappa shape index (κ3) is 5.97. The van der Waals surface area contributed by atoms with Gasteiger partial charge in [0.25, 0.3) is 0 Å². The molecule has 1 aliphatic rings. The number of nitrogens with one attached hydrogen (secondary N) is 1. The number of piperazine rings is 1. The van der Waals surface area contributed by atoms with E-state index >= 15 is 0 Å². The number of anilines is 1. The Kier molecular flexibility index (Phi) is 7.53. The highest BCUT2D eigenvalue weighted by Crippen LogP contribution is 2.28. The average Bonchev–Trinajstić information content (AvgIpc) is 2.74. The van der Waals surface area contributed by atoms with Crippen LogP contribution >= 0.6 is 0 Å². The lowest BCUT2D eigenvalue weighted by atomic mass is 9.97. The molecule has 1 amide bonds. The quantitative estimate of drug-likeness (QED) is 0.740. The second-order valence-corrected chi connectivity index (χ2v) is 8.10. The lowest BCUT2D eigenvalue weighted by Gasteiger charge is -2.36. The standard InChI is InChI=1S/C24H33N3O2/c1-19(2)17-21(20-9-5-4-6-10-20)25-24(28)18-26-13-15-27(16-14-26)22-11-7-8-12-23(22)29-3/h4-12,19,21H,13-18H2,1-3H3,(H,25,28)/t21-/m0/s1. The first-order valence-corrected chi connectivity index (χ1v) is 10.5. The molecule has 1 N–H and O–H groups in total. The van der Waals surface area contributed by atoms with Crippen LogP contribution in [0.3, 0.4) is 0 Å². The molecule has 1 atom stereocenters. The molecular weight excluding hydrogens is 362 g/mol. The Morgan fingerprint density at radius 2 is 1.66 bits per heavy atom. The maximum atomic E-state index is 12.7. The van der Waals surface area contributed by atoms with Gasteiger partial charge in [0.2, 0.25) is 5.91 Å². The van der Waals surface area contributed by atoms with E-state index in [-0.39, 0.29) is 11.9 Å². The summed E-state index contributed by atoms with van der Waals surface area (Å²) >= 11 is 0. The van der Waals surface area contributed by atoms with Gasteiger partial charge in [-0.25, -0.2) is 0 Å². The number of carbonyl (C=O) groups is 1. The monoisotopic (exact) mass is 395 g/mol. The Hall–Kier alpha value is -2.53. The van der Waals surface area contributed by atoms with E-state index in [2.05, 4.69) is 47.2 Å². The van der Waals surface area contributed by atoms with Crippen molar-refractivity contribution in [3.8, 4) is 5.75 Å². The van der Waals surface area contributed by atoms with Gasteiger partial charge in [0.1, 0.15) is 5.75 Å². The third-order valence-electron chi connectivity index (χ3n) is 5.41. The van der Waals surface area contributed by atoms with Crippen LogP contribution in [0, 0.1) is 5.92 Å². The molecule has 5 heteroatoms. The molecule has 5 nitrogen and oxygen atoms in total. The predicted molar refractivity (Wildman–Crippen MR) is 118 cm³/mol. The number of carbonyl (C=O) groups excluding carboxylic acids is 1. The summed E-state index contributed by atoms with van der Waals surface area (Å²) in [5, 5.41) is 3.26. The lowest BCUT2D eigenvalue weighted by molar-refractivity contribution is -0.123. The zero-order valence-electron chi connectivity index (χ0n) is 17.8. The van der Waals surface area contributed by atoms with Crippen LogP contribution in [0.15, 0.2) is 54.6 Å². The molecule has 0 saturated carbocycles. The number of ether oxygens (including phenoxy) is 1. The first-order valence-electron chi connectivity index (χ1n) is 10.5. The molecule has 0 bridgehead atoms. The number of amides is 1. The molecule has 2 aromatic rings. The topological polar surface area (TPSA) is 44.8 Å². The van der Waals surface area contributed by atoms with E-state index in [0.29, 0.717) is 12.5 Å². The number of para-hydroxylation sites is 2. The second-order valence-electron chi connectivity index (χ2n) is 8.10. The van der Waals surface area contributed by atoms with Crippen LogP contribution in [0.5, 0.6) is 5.75 Å². The minimum atomic E-state index is 0.0681. The highest BCUT2D eigenvalue weighted by molar-refractivity contribution is 5.78. The van der Waals surface area contributed by atoms with Crippen molar-refractivity contribution in [2.45, 2.75) is 26.3 Å². The van der Waals surface area contributed by atoms with E-state index in [4.69, 9.17) is 4.74 Å². The van der Waals surface area contributed by atoms with E-state index in [9.17, 15) is 4.79 Å². The summed E-state index contributed by atoms with van der Waals surface area (Å²) in [7, 11) is 1.71. The van der Waals surface area contributed by atoms with Crippen LogP contribution < -0.4 is 15.0 Å². The van der Waals surface area contributed by atoms with Crippen LogP contribution in [0.25, 0.3) is 0 Å². The van der Waals surface area contributed by atoms with Crippen LogP contribution in [0.1, 0.15) is 31.9 Å². The molecule has 0 aliphatic carbocycles. The third-order valence-corrected chi connectivity index (χ3v) is 5.41. The van der Waals surface area contributed by atoms with E-state index in [1.165, 1.54) is 5.56 Å². The molecule has 0 unspecified atom stereocenters. The Bertz CT molecular complexity index is 771. The Morgan fingerprint density at radius 3 is 2.31 bits per heavy atom. The van der Waals surface area contributed by atoms with Crippen molar-refractivity contribution < 1.29 is 9.53 Å². The van der Waals surface area contributed by atoms with Gasteiger partial charge in [-0.2, -0.15) is 0 Å². The van der Waals surface area contributed by atoms with E-state index in [0.717, 1.165) is 44.0 Å². The van der Waals surface area contributed by atoms with Gasteiger partial charge < -0.3 is 15.0 Å². The molecule has 1 heterocycles. The Labute approximate surface area is 174 Å². The summed E-state index contributed by atoms with van der Waals surface area (Å²) in [4.78, 5) is 17.3. The predicted octanol–water partition coefficient (Wildman–Crippen LogP) is 3.72. The fourth-order valence-corrected chi connectivity index (χ4v) is 3.92. The van der Waals surface area contributed by atoms with Gasteiger partial charge in [-0.05, 0) is 30.0 Å². The van der Waals surface area contributed by atoms with Crippen molar-refractivity contribution >= 4 is 11.6 Å². The molecule has 2 aromatic carbocycles. The highest BCUT2D eigenvalue weighted by atomic mass is 16.5. The minimum Gasteiger partial charge on any atom is -0.495 e. The Balaban J connectivity index is 1.53. The van der Waals surface area contributed by atoms with Crippen LogP contribution in [-0.4, -0.2) is 50.6 Å². The maximum Gasteiger partial charge on any atom is 0.234 e. The highest BCUT2D eigenvalue weighted by Gasteiger charge is 2.22. The summed E-state index contributed by atoms with van der Waals surface area (Å²) in [6, 6.07) is 18.5. The molecule has 1 aliphatic heterocycles. The smallest absolute Gasteiger partial charge is 0.234 e. The van der Waals surface area contributed by atoms with Crippen LogP contribution in [0.2, 0.25) is 0 Å². The van der Waals surface area contributed by atoms with Gasteiger partial charge in [0.15, 0.2) is 0 Å². The molecule has 0 aromatic heterocycles. The summed E-state index contributed by atoms with van der Waals surface area (Å²) in [6.07, 6.45) is 0.942. The summed E-state index contributed by atoms with van der Waals surface area (Å²) in [5.74, 6) is 1.52. The van der Waals surface area contributed by atoms with Crippen molar-refractivity contribution in [2.75, 3.05) is 44.7 Å². The number of methoxy groups -OCH3 is 1. The van der Waals surface area contributed by atoms with Crippen molar-refractivity contribution in [3.05, 3.63) is 60.2 Å². The first kappa shape index (κ1) is 21.2. The van der Waals surface area contributed by atoms with Gasteiger partial charge in [-0.15, -0.1) is 0 Å². The van der Waals surface area contributed by atoms with E-state index in [1.54, 1.807) is 7.11 Å². The molecule has 29 heavy (non-hydrogen) atoms. The number of rotatable bonds is 8. The maximum absolute atomic E-state index is 12.7. The molecule has 1 fully saturated rings. The summed E-state index contributed by atoms with van der Waals surface area (Å²) in [5.41, 5.74) is 2.30. The molecule has 156 valence electrons. The number of hydrogen-bond donors (Lipinski definition) is 1. The van der Waals surface area contributed by atoms with Crippen molar-refractivity contribution in [1.29, 1.82) is 0 Å². The van der Waals surface area contributed by atoms with Crippen LogP contribution in [0.4, 0.5) is 5.69 Å². The molecule has 0 radical (unpaired) electrons. The van der Waals surface area contributed by atoms with E-state index in [1.807, 2.05) is 36.4 Å². The normalized spacial score (nSPS) is 15.9. The fourth-order valence-electron chi connectivity index (χ4n) is 3.92. The average molecular weight is 396 g/mol. The van der Waals surface area contributed by atoms with Gasteiger partial charge in [-0.3, -0.25) is 9.69 Å². The Morgan fingerprint density at radius 1 is 1.00 bits per heavy atom. The van der Waals surface area contributed by atoms with Crippen LogP contribution in [-0.2, 0) is 4.79 Å². The van der Waals surface area contributed by atoms with Gasteiger partial charge in [0, 0.05) is 26.2 Å². The molecule has 1 saturated heterocycles. The van der Waals surface area contributed by atoms with Gasteiger partial charge >= 0.3 is 0 Å². The van der Waals surface area contributed by atoms with Crippen molar-refractivity contribution in [2.24, 2.45) is 5.92 Å². The van der Waals surface area contributed by atoms with Crippen molar-refractivity contribution in [3.63, 3.8) is 0 Å². The van der Waals surface area contributed by atoms with Gasteiger partial charge in [-0.1, -0.05) is 56.3 Å². The summed E-state index contributed by atoms with van der Waals surface area (Å²) < 4.78 is 5.49. The second kappa shape index (κ2) is 10.3. The first-order chi connectivity index (χ1) is 14.1. The van der Waals surface area contributed by atoms with Gasteiger partial charge in [0.05, 0.1) is 25.4 Å². The molecular formula is C24H33N3O2. The zero-order valence-corrected chi connectivity index (χ0v) is 17.8.